The smallest absolute Gasteiger partial charge is 0.337 e. The fraction of sp³-hybridized carbons (Fsp3) is 0.0476. The van der Waals surface area contributed by atoms with Crippen molar-refractivity contribution >= 4 is 40.8 Å². The van der Waals surface area contributed by atoms with Gasteiger partial charge in [0.1, 0.15) is 5.75 Å². The number of phenolic OH excluding ortho intramolecular Hbond substituents is 1. The lowest BCUT2D eigenvalue weighted by atomic mass is 10.0. The van der Waals surface area contributed by atoms with Gasteiger partial charge in [0.05, 0.1) is 28.3 Å². The van der Waals surface area contributed by atoms with Crippen molar-refractivity contribution in [1.29, 1.82) is 0 Å². The van der Waals surface area contributed by atoms with Gasteiger partial charge in [-0.3, -0.25) is 4.79 Å². The highest BCUT2D eigenvalue weighted by atomic mass is 35.5. The lowest BCUT2D eigenvalue weighted by Gasteiger charge is -2.09. The molecule has 28 heavy (non-hydrogen) atoms. The van der Waals surface area contributed by atoms with Crippen LogP contribution in [0.5, 0.6) is 5.75 Å². The summed E-state index contributed by atoms with van der Waals surface area (Å²) in [6.45, 7) is 0. The molecular formula is C21H15Cl2NO4. The van der Waals surface area contributed by atoms with Crippen molar-refractivity contribution < 1.29 is 19.4 Å². The first kappa shape index (κ1) is 19.7. The van der Waals surface area contributed by atoms with Crippen molar-refractivity contribution in [2.24, 2.45) is 0 Å². The fourth-order valence-corrected chi connectivity index (χ4v) is 2.90. The number of aromatic hydroxyl groups is 1. The summed E-state index contributed by atoms with van der Waals surface area (Å²) < 4.78 is 4.68. The molecule has 0 aliphatic rings. The molecule has 2 N–H and O–H groups in total. The molecule has 0 radical (unpaired) electrons. The zero-order valence-electron chi connectivity index (χ0n) is 14.7. The van der Waals surface area contributed by atoms with Gasteiger partial charge < -0.3 is 15.2 Å². The molecule has 142 valence electrons. The van der Waals surface area contributed by atoms with Gasteiger partial charge in [-0.05, 0) is 41.5 Å². The Balaban J connectivity index is 1.75. The molecule has 3 aromatic rings. The number of phenols is 1. The quantitative estimate of drug-likeness (QED) is 0.558. The van der Waals surface area contributed by atoms with Crippen LogP contribution in [-0.4, -0.2) is 24.1 Å². The number of nitrogens with one attached hydrogen (secondary N) is 1. The molecule has 0 heterocycles. The molecule has 0 saturated carbocycles. The van der Waals surface area contributed by atoms with Gasteiger partial charge in [-0.2, -0.15) is 0 Å². The maximum absolute atomic E-state index is 12.4. The molecule has 0 atom stereocenters. The van der Waals surface area contributed by atoms with E-state index >= 15 is 0 Å². The van der Waals surface area contributed by atoms with Gasteiger partial charge in [0.25, 0.3) is 5.91 Å². The molecule has 0 aliphatic heterocycles. The fourth-order valence-electron chi connectivity index (χ4n) is 2.58. The van der Waals surface area contributed by atoms with Crippen LogP contribution in [-0.2, 0) is 4.74 Å². The van der Waals surface area contributed by atoms with Crippen LogP contribution in [0.2, 0.25) is 10.0 Å². The minimum atomic E-state index is -0.508. The Bertz CT molecular complexity index is 1030. The zero-order chi connectivity index (χ0) is 20.3. The Morgan fingerprint density at radius 1 is 0.893 bits per heavy atom. The van der Waals surface area contributed by atoms with Gasteiger partial charge >= 0.3 is 5.97 Å². The number of hydrogen-bond acceptors (Lipinski definition) is 4. The highest BCUT2D eigenvalue weighted by molar-refractivity contribution is 6.42. The van der Waals surface area contributed by atoms with Gasteiger partial charge in [-0.25, -0.2) is 4.79 Å². The van der Waals surface area contributed by atoms with E-state index in [-0.39, 0.29) is 21.4 Å². The molecule has 0 fully saturated rings. The summed E-state index contributed by atoms with van der Waals surface area (Å²) in [5, 5.41) is 12.9. The third-order valence-electron chi connectivity index (χ3n) is 4.07. The molecule has 0 bridgehead atoms. The van der Waals surface area contributed by atoms with E-state index in [9.17, 15) is 14.7 Å². The number of carbonyl (C=O) groups is 2. The number of rotatable bonds is 4. The number of ether oxygens (including phenoxy) is 1. The second kappa shape index (κ2) is 8.33. The van der Waals surface area contributed by atoms with Crippen molar-refractivity contribution in [3.63, 3.8) is 0 Å². The molecular weight excluding hydrogens is 401 g/mol. The van der Waals surface area contributed by atoms with E-state index in [0.717, 1.165) is 11.1 Å². The Labute approximate surface area is 171 Å². The molecule has 7 heteroatoms. The van der Waals surface area contributed by atoms with Crippen LogP contribution in [0, 0.1) is 0 Å². The number of halogens is 2. The van der Waals surface area contributed by atoms with Gasteiger partial charge in [-0.1, -0.05) is 47.5 Å². The molecule has 5 nitrogen and oxygen atoms in total. The molecule has 0 spiro atoms. The van der Waals surface area contributed by atoms with Gasteiger partial charge in [0.15, 0.2) is 0 Å². The van der Waals surface area contributed by atoms with Crippen LogP contribution in [0.15, 0.2) is 60.7 Å². The SMILES string of the molecule is COC(=O)c1ccc(-c2ccc(NC(=O)c3cc(Cl)c(Cl)cc3O)cc2)cc1. The van der Waals surface area contributed by atoms with E-state index < -0.39 is 11.9 Å². The van der Waals surface area contributed by atoms with E-state index in [2.05, 4.69) is 10.1 Å². The topological polar surface area (TPSA) is 75.6 Å². The van der Waals surface area contributed by atoms with Crippen LogP contribution in [0.3, 0.4) is 0 Å². The largest absolute Gasteiger partial charge is 0.507 e. The second-order valence-electron chi connectivity index (χ2n) is 5.88. The molecule has 1 amide bonds. The lowest BCUT2D eigenvalue weighted by Crippen LogP contribution is -2.12. The van der Waals surface area contributed by atoms with Crippen LogP contribution >= 0.6 is 23.2 Å². The van der Waals surface area contributed by atoms with E-state index in [1.54, 1.807) is 24.3 Å². The van der Waals surface area contributed by atoms with Crippen molar-refractivity contribution in [2.45, 2.75) is 0 Å². The molecule has 0 saturated heterocycles. The third-order valence-corrected chi connectivity index (χ3v) is 4.79. The van der Waals surface area contributed by atoms with E-state index in [1.165, 1.54) is 19.2 Å². The summed E-state index contributed by atoms with van der Waals surface area (Å²) in [6, 6.07) is 16.7. The number of hydrogen-bond donors (Lipinski definition) is 2. The van der Waals surface area contributed by atoms with Crippen LogP contribution in [0.4, 0.5) is 5.69 Å². The molecule has 3 aromatic carbocycles. The molecule has 0 aromatic heterocycles. The van der Waals surface area contributed by atoms with Crippen molar-refractivity contribution in [1.82, 2.24) is 0 Å². The predicted molar refractivity (Wildman–Crippen MR) is 109 cm³/mol. The van der Waals surface area contributed by atoms with E-state index in [0.29, 0.717) is 11.3 Å². The van der Waals surface area contributed by atoms with Crippen LogP contribution < -0.4 is 5.32 Å². The Morgan fingerprint density at radius 3 is 2.00 bits per heavy atom. The average Bonchev–Trinajstić information content (AvgIpc) is 2.70. The van der Waals surface area contributed by atoms with Gasteiger partial charge in [0, 0.05) is 11.8 Å². The average molecular weight is 416 g/mol. The normalized spacial score (nSPS) is 10.4. The standard InChI is InChI=1S/C21H15Cl2NO4/c1-28-21(27)14-4-2-12(3-5-14)13-6-8-15(9-7-13)24-20(26)16-10-17(22)18(23)11-19(16)25/h2-11,25H,1H3,(H,24,26). The lowest BCUT2D eigenvalue weighted by molar-refractivity contribution is 0.0600. The highest BCUT2D eigenvalue weighted by Gasteiger charge is 2.14. The summed E-state index contributed by atoms with van der Waals surface area (Å²) in [5.74, 6) is -1.16. The van der Waals surface area contributed by atoms with Crippen LogP contribution in [0.25, 0.3) is 11.1 Å². The zero-order valence-corrected chi connectivity index (χ0v) is 16.2. The summed E-state index contributed by atoms with van der Waals surface area (Å²) in [6.07, 6.45) is 0. The number of anilines is 1. The van der Waals surface area contributed by atoms with Crippen molar-refractivity contribution in [3.05, 3.63) is 81.8 Å². The third kappa shape index (κ3) is 4.27. The summed E-state index contributed by atoms with van der Waals surface area (Å²) in [7, 11) is 1.33. The maximum atomic E-state index is 12.4. The van der Waals surface area contributed by atoms with E-state index in [4.69, 9.17) is 23.2 Å². The molecule has 0 aliphatic carbocycles. The summed E-state index contributed by atoms with van der Waals surface area (Å²) in [5.41, 5.74) is 2.86. The number of esters is 1. The summed E-state index contributed by atoms with van der Waals surface area (Å²) in [4.78, 5) is 23.9. The van der Waals surface area contributed by atoms with Gasteiger partial charge in [-0.15, -0.1) is 0 Å². The van der Waals surface area contributed by atoms with E-state index in [1.807, 2.05) is 24.3 Å². The molecule has 3 rings (SSSR count). The first-order chi connectivity index (χ1) is 13.4. The number of methoxy groups -OCH3 is 1. The monoisotopic (exact) mass is 415 g/mol. The summed E-state index contributed by atoms with van der Waals surface area (Å²) >= 11 is 11.7. The first-order valence-electron chi connectivity index (χ1n) is 8.17. The second-order valence-corrected chi connectivity index (χ2v) is 6.70. The molecule has 0 unspecified atom stereocenters. The Morgan fingerprint density at radius 2 is 1.43 bits per heavy atom. The maximum Gasteiger partial charge on any atom is 0.337 e. The predicted octanol–water partition coefficient (Wildman–Crippen LogP) is 5.40. The Hall–Kier alpha value is -3.02. The highest BCUT2D eigenvalue weighted by Crippen LogP contribution is 2.30. The van der Waals surface area contributed by atoms with Crippen molar-refractivity contribution in [3.8, 4) is 16.9 Å². The van der Waals surface area contributed by atoms with Crippen LogP contribution in [0.1, 0.15) is 20.7 Å². The minimum Gasteiger partial charge on any atom is -0.507 e. The van der Waals surface area contributed by atoms with Crippen molar-refractivity contribution in [2.75, 3.05) is 12.4 Å². The Kier molecular flexibility index (Phi) is 5.87. The minimum absolute atomic E-state index is 0.0249. The number of amides is 1. The number of benzene rings is 3. The number of carbonyl (C=O) groups excluding carboxylic acids is 2. The van der Waals surface area contributed by atoms with Gasteiger partial charge in [0.2, 0.25) is 0 Å². The first-order valence-corrected chi connectivity index (χ1v) is 8.93.